The minimum atomic E-state index is -4.66. The van der Waals surface area contributed by atoms with Crippen LogP contribution in [0.15, 0.2) is 28.7 Å². The van der Waals surface area contributed by atoms with Crippen molar-refractivity contribution >= 4 is 37.7 Å². The summed E-state index contributed by atoms with van der Waals surface area (Å²) in [5.74, 6) is -0.380. The smallest absolute Gasteiger partial charge is 0.307 e. The lowest BCUT2D eigenvalue weighted by Crippen LogP contribution is -2.26. The number of amides is 1. The van der Waals surface area contributed by atoms with Crippen LogP contribution in [-0.4, -0.2) is 26.1 Å². The summed E-state index contributed by atoms with van der Waals surface area (Å²) in [6, 6.07) is 6.87. The third-order valence-electron chi connectivity index (χ3n) is 2.61. The fourth-order valence-electron chi connectivity index (χ4n) is 1.76. The van der Waals surface area contributed by atoms with Crippen LogP contribution in [0.2, 0.25) is 0 Å². The lowest BCUT2D eigenvalue weighted by Gasteiger charge is -2.16. The van der Waals surface area contributed by atoms with Crippen LogP contribution in [0.5, 0.6) is 0 Å². The number of anilines is 1. The second-order valence-electron chi connectivity index (χ2n) is 3.79. The fraction of sp³-hybridized carbons (Fsp3) is 0.300. The normalized spacial score (nSPS) is 20.9. The molecule has 4 nitrogen and oxygen atoms in total. The average Bonchev–Trinajstić information content (AvgIpc) is 2.60. The van der Waals surface area contributed by atoms with Crippen LogP contribution in [-0.2, 0) is 15.0 Å². The molecule has 1 saturated heterocycles. The topological polar surface area (TPSA) is 54.5 Å². The summed E-state index contributed by atoms with van der Waals surface area (Å²) in [5, 5.41) is -1.26. The van der Waals surface area contributed by atoms with E-state index in [1.807, 2.05) is 0 Å². The Labute approximate surface area is 107 Å². The van der Waals surface area contributed by atoms with Gasteiger partial charge in [-0.1, -0.05) is 22.0 Å². The van der Waals surface area contributed by atoms with Crippen LogP contribution in [0.3, 0.4) is 0 Å². The maximum absolute atomic E-state index is 12.8. The Morgan fingerprint density at radius 3 is 2.65 bits per heavy atom. The van der Waals surface area contributed by atoms with Crippen LogP contribution < -0.4 is 4.90 Å². The quantitative estimate of drug-likeness (QED) is 0.781. The van der Waals surface area contributed by atoms with E-state index in [1.165, 1.54) is 4.90 Å². The molecule has 0 aromatic heterocycles. The summed E-state index contributed by atoms with van der Waals surface area (Å²) in [4.78, 5) is 12.9. The van der Waals surface area contributed by atoms with Crippen molar-refractivity contribution < 1.29 is 17.1 Å². The molecule has 92 valence electrons. The van der Waals surface area contributed by atoms with Crippen molar-refractivity contribution in [3.8, 4) is 0 Å². The molecule has 0 radical (unpaired) electrons. The maximum atomic E-state index is 12.8. The van der Waals surface area contributed by atoms with Crippen molar-refractivity contribution in [3.05, 3.63) is 28.7 Å². The summed E-state index contributed by atoms with van der Waals surface area (Å²) in [7, 11) is -4.66. The molecule has 0 aliphatic carbocycles. The van der Waals surface area contributed by atoms with Gasteiger partial charge in [0.1, 0.15) is 5.25 Å². The van der Waals surface area contributed by atoms with Crippen molar-refractivity contribution in [3.63, 3.8) is 0 Å². The Morgan fingerprint density at radius 2 is 2.12 bits per heavy atom. The molecule has 1 aliphatic rings. The molecule has 1 unspecified atom stereocenters. The van der Waals surface area contributed by atoms with Crippen LogP contribution in [0.4, 0.5) is 9.57 Å². The molecular weight excluding hydrogens is 313 g/mol. The van der Waals surface area contributed by atoms with Crippen LogP contribution in [0.25, 0.3) is 0 Å². The molecule has 1 aromatic carbocycles. The molecule has 1 fully saturated rings. The van der Waals surface area contributed by atoms with E-state index in [-0.39, 0.29) is 18.9 Å². The first-order chi connectivity index (χ1) is 7.88. The lowest BCUT2D eigenvalue weighted by atomic mass is 10.3. The Morgan fingerprint density at radius 1 is 1.41 bits per heavy atom. The highest BCUT2D eigenvalue weighted by Crippen LogP contribution is 2.27. The van der Waals surface area contributed by atoms with Gasteiger partial charge in [-0.25, -0.2) is 0 Å². The number of rotatable bonds is 2. The molecule has 1 heterocycles. The Balaban J connectivity index is 2.28. The Hall–Kier alpha value is -0.950. The molecule has 1 atom stereocenters. The number of carbonyl (C=O) groups excluding carboxylic acids is 1. The first kappa shape index (κ1) is 12.5. The van der Waals surface area contributed by atoms with Crippen LogP contribution in [0, 0.1) is 0 Å². The Kier molecular flexibility index (Phi) is 3.22. The highest BCUT2D eigenvalue weighted by atomic mass is 79.9. The van der Waals surface area contributed by atoms with Gasteiger partial charge in [-0.3, -0.25) is 4.79 Å². The van der Waals surface area contributed by atoms with Crippen molar-refractivity contribution in [1.29, 1.82) is 0 Å². The summed E-state index contributed by atoms with van der Waals surface area (Å²) in [6.07, 6.45) is -0.300. The van der Waals surface area contributed by atoms with Gasteiger partial charge in [-0.15, -0.1) is 3.89 Å². The third kappa shape index (κ3) is 2.66. The molecule has 2 rings (SSSR count). The summed E-state index contributed by atoms with van der Waals surface area (Å²) in [6.45, 7) is -0.131. The largest absolute Gasteiger partial charge is 0.311 e. The van der Waals surface area contributed by atoms with Gasteiger partial charge in [0.15, 0.2) is 0 Å². The number of benzene rings is 1. The second kappa shape index (κ2) is 4.38. The number of hydrogen-bond acceptors (Lipinski definition) is 3. The zero-order valence-electron chi connectivity index (χ0n) is 8.64. The molecule has 0 spiro atoms. The van der Waals surface area contributed by atoms with Gasteiger partial charge < -0.3 is 4.90 Å². The monoisotopic (exact) mass is 321 g/mol. The predicted octanol–water partition coefficient (Wildman–Crippen LogP) is 1.85. The van der Waals surface area contributed by atoms with E-state index in [2.05, 4.69) is 15.9 Å². The van der Waals surface area contributed by atoms with E-state index in [1.54, 1.807) is 24.3 Å². The third-order valence-corrected chi connectivity index (χ3v) is 4.21. The molecular formula is C10H9BrFNO3S. The number of carbonyl (C=O) groups is 1. The van der Waals surface area contributed by atoms with Gasteiger partial charge in [0, 0.05) is 23.1 Å². The minimum absolute atomic E-state index is 0.131. The SMILES string of the molecule is O=C1CC(S(=O)(=O)F)CN1c1cccc(Br)c1. The zero-order chi connectivity index (χ0) is 12.6. The molecule has 17 heavy (non-hydrogen) atoms. The highest BCUT2D eigenvalue weighted by molar-refractivity contribution is 9.10. The number of halogens is 2. The number of nitrogens with zero attached hydrogens (tertiary/aromatic N) is 1. The predicted molar refractivity (Wildman–Crippen MR) is 64.9 cm³/mol. The molecule has 0 saturated carbocycles. The van der Waals surface area contributed by atoms with Crippen molar-refractivity contribution in [2.24, 2.45) is 0 Å². The maximum Gasteiger partial charge on any atom is 0.307 e. The first-order valence-corrected chi connectivity index (χ1v) is 7.11. The second-order valence-corrected chi connectivity index (χ2v) is 6.32. The van der Waals surface area contributed by atoms with E-state index in [0.717, 1.165) is 4.47 Å². The molecule has 1 aromatic rings. The fourth-order valence-corrected chi connectivity index (χ4v) is 2.81. The van der Waals surface area contributed by atoms with Gasteiger partial charge >= 0.3 is 10.2 Å². The van der Waals surface area contributed by atoms with Crippen molar-refractivity contribution in [2.45, 2.75) is 11.7 Å². The summed E-state index contributed by atoms with van der Waals surface area (Å²) >= 11 is 3.25. The van der Waals surface area contributed by atoms with Gasteiger partial charge in [0.05, 0.1) is 0 Å². The summed E-state index contributed by atoms with van der Waals surface area (Å²) < 4.78 is 35.1. The summed E-state index contributed by atoms with van der Waals surface area (Å²) in [5.41, 5.74) is 0.565. The number of hydrogen-bond donors (Lipinski definition) is 0. The molecule has 1 aliphatic heterocycles. The van der Waals surface area contributed by atoms with E-state index < -0.39 is 15.5 Å². The Bertz CT molecular complexity index is 560. The van der Waals surface area contributed by atoms with Crippen molar-refractivity contribution in [1.82, 2.24) is 0 Å². The van der Waals surface area contributed by atoms with Gasteiger partial charge in [-0.2, -0.15) is 8.42 Å². The molecule has 0 N–H and O–H groups in total. The van der Waals surface area contributed by atoms with Crippen LogP contribution >= 0.6 is 15.9 Å². The standard InChI is InChI=1S/C10H9BrFNO3S/c11-7-2-1-3-8(4-7)13-6-9(5-10(13)14)17(12,15)16/h1-4,9H,5-6H2. The molecule has 7 heteroatoms. The van der Waals surface area contributed by atoms with E-state index in [9.17, 15) is 17.1 Å². The van der Waals surface area contributed by atoms with E-state index in [0.29, 0.717) is 5.69 Å². The van der Waals surface area contributed by atoms with Crippen molar-refractivity contribution in [2.75, 3.05) is 11.4 Å². The zero-order valence-corrected chi connectivity index (χ0v) is 11.0. The highest BCUT2D eigenvalue weighted by Gasteiger charge is 2.38. The molecule has 1 amide bonds. The lowest BCUT2D eigenvalue weighted by molar-refractivity contribution is -0.117. The van der Waals surface area contributed by atoms with Crippen LogP contribution in [0.1, 0.15) is 6.42 Å². The van der Waals surface area contributed by atoms with Gasteiger partial charge in [-0.05, 0) is 18.2 Å². The van der Waals surface area contributed by atoms with E-state index >= 15 is 0 Å². The van der Waals surface area contributed by atoms with E-state index in [4.69, 9.17) is 0 Å². The molecule has 0 bridgehead atoms. The van der Waals surface area contributed by atoms with Gasteiger partial charge in [0.2, 0.25) is 5.91 Å². The average molecular weight is 322 g/mol. The minimum Gasteiger partial charge on any atom is -0.311 e. The first-order valence-electron chi connectivity index (χ1n) is 4.87. The van der Waals surface area contributed by atoms with Gasteiger partial charge in [0.25, 0.3) is 0 Å².